The van der Waals surface area contributed by atoms with Crippen LogP contribution in [0.3, 0.4) is 0 Å². The van der Waals surface area contributed by atoms with Gasteiger partial charge in [0.05, 0.1) is 0 Å². The average molecular weight is 317 g/mol. The Morgan fingerprint density at radius 1 is 1.26 bits per heavy atom. The molecule has 0 spiro atoms. The van der Waals surface area contributed by atoms with Gasteiger partial charge in [0.2, 0.25) is 11.8 Å². The van der Waals surface area contributed by atoms with E-state index in [-0.39, 0.29) is 23.8 Å². The second-order valence-corrected chi connectivity index (χ2v) is 6.45. The van der Waals surface area contributed by atoms with E-state index in [1.807, 2.05) is 6.07 Å². The van der Waals surface area contributed by atoms with Gasteiger partial charge in [-0.3, -0.25) is 14.5 Å². The molecule has 1 atom stereocenters. The molecule has 0 aromatic heterocycles. The number of nitrogens with two attached hydrogens (primary N) is 1. The number of hydrogen-bond donors (Lipinski definition) is 2. The molecule has 1 aliphatic heterocycles. The van der Waals surface area contributed by atoms with Crippen LogP contribution < -0.4 is 11.1 Å². The predicted molar refractivity (Wildman–Crippen MR) is 90.5 cm³/mol. The molecule has 1 aromatic rings. The number of nitrogens with zero attached hydrogens (tertiary/aromatic N) is 1. The molecule has 0 radical (unpaired) electrons. The fraction of sp³-hybridized carbons (Fsp3) is 0.556. The number of hydrogen-bond acceptors (Lipinski definition) is 3. The summed E-state index contributed by atoms with van der Waals surface area (Å²) in [6.07, 6.45) is 2.84. The third kappa shape index (κ3) is 6.02. The second-order valence-electron chi connectivity index (χ2n) is 6.45. The van der Waals surface area contributed by atoms with Gasteiger partial charge in [-0.1, -0.05) is 37.3 Å². The minimum atomic E-state index is -0.341. The standard InChI is InChI=1S/C18H27N3O2/c1-14(18(19)23)7-8-17(22)20-16-9-11-21(12-10-16)13-15-5-3-2-4-6-15/h2-6,14,16H,7-13H2,1H3,(H2,19,23)(H,20,22)/t14-/m0/s1. The zero-order chi connectivity index (χ0) is 16.7. The molecular weight excluding hydrogens is 290 g/mol. The molecule has 2 rings (SSSR count). The van der Waals surface area contributed by atoms with E-state index in [0.717, 1.165) is 32.5 Å². The average Bonchev–Trinajstić information content (AvgIpc) is 2.55. The molecule has 0 saturated carbocycles. The van der Waals surface area contributed by atoms with Crippen molar-refractivity contribution >= 4 is 11.8 Å². The lowest BCUT2D eigenvalue weighted by atomic mass is 10.0. The van der Waals surface area contributed by atoms with Crippen molar-refractivity contribution in [1.29, 1.82) is 0 Å². The van der Waals surface area contributed by atoms with Crippen LogP contribution in [0.15, 0.2) is 30.3 Å². The fourth-order valence-electron chi connectivity index (χ4n) is 2.87. The summed E-state index contributed by atoms with van der Waals surface area (Å²) in [5, 5.41) is 3.08. The Balaban J connectivity index is 1.66. The molecular formula is C18H27N3O2. The van der Waals surface area contributed by atoms with E-state index in [2.05, 4.69) is 34.5 Å². The Morgan fingerprint density at radius 3 is 2.52 bits per heavy atom. The van der Waals surface area contributed by atoms with Crippen molar-refractivity contribution < 1.29 is 9.59 Å². The van der Waals surface area contributed by atoms with Gasteiger partial charge in [0, 0.05) is 38.0 Å². The Kier molecular flexibility index (Phi) is 6.59. The van der Waals surface area contributed by atoms with E-state index in [4.69, 9.17) is 5.73 Å². The van der Waals surface area contributed by atoms with Gasteiger partial charge in [-0.05, 0) is 24.8 Å². The van der Waals surface area contributed by atoms with Crippen LogP contribution in [0.5, 0.6) is 0 Å². The zero-order valence-corrected chi connectivity index (χ0v) is 13.8. The number of carbonyl (C=O) groups is 2. The topological polar surface area (TPSA) is 75.4 Å². The summed E-state index contributed by atoms with van der Waals surface area (Å²) >= 11 is 0. The normalized spacial score (nSPS) is 17.6. The first-order chi connectivity index (χ1) is 11.0. The lowest BCUT2D eigenvalue weighted by Crippen LogP contribution is -2.44. The highest BCUT2D eigenvalue weighted by Crippen LogP contribution is 2.14. The molecule has 23 heavy (non-hydrogen) atoms. The highest BCUT2D eigenvalue weighted by Gasteiger charge is 2.21. The molecule has 1 heterocycles. The minimum Gasteiger partial charge on any atom is -0.369 e. The molecule has 1 aliphatic rings. The number of piperidine rings is 1. The maximum atomic E-state index is 11.9. The highest BCUT2D eigenvalue weighted by molar-refractivity contribution is 5.79. The number of nitrogens with one attached hydrogen (secondary N) is 1. The van der Waals surface area contributed by atoms with Crippen LogP contribution in [-0.2, 0) is 16.1 Å². The fourth-order valence-corrected chi connectivity index (χ4v) is 2.87. The van der Waals surface area contributed by atoms with Crippen molar-refractivity contribution in [3.05, 3.63) is 35.9 Å². The highest BCUT2D eigenvalue weighted by atomic mass is 16.2. The molecule has 5 nitrogen and oxygen atoms in total. The first-order valence-electron chi connectivity index (χ1n) is 8.39. The Morgan fingerprint density at radius 2 is 1.91 bits per heavy atom. The summed E-state index contributed by atoms with van der Waals surface area (Å²) in [4.78, 5) is 25.3. The van der Waals surface area contributed by atoms with E-state index in [0.29, 0.717) is 12.8 Å². The molecule has 126 valence electrons. The van der Waals surface area contributed by atoms with E-state index in [1.54, 1.807) is 6.92 Å². The van der Waals surface area contributed by atoms with Crippen molar-refractivity contribution in [2.24, 2.45) is 11.7 Å². The van der Waals surface area contributed by atoms with Crippen LogP contribution in [0.4, 0.5) is 0 Å². The van der Waals surface area contributed by atoms with Gasteiger partial charge in [-0.2, -0.15) is 0 Å². The molecule has 1 aromatic carbocycles. The number of rotatable bonds is 7. The first kappa shape index (κ1) is 17.5. The van der Waals surface area contributed by atoms with E-state index < -0.39 is 0 Å². The smallest absolute Gasteiger partial charge is 0.220 e. The van der Waals surface area contributed by atoms with Crippen LogP contribution in [0, 0.1) is 5.92 Å². The summed E-state index contributed by atoms with van der Waals surface area (Å²) in [6, 6.07) is 10.7. The Labute approximate surface area is 138 Å². The number of carbonyl (C=O) groups excluding carboxylic acids is 2. The molecule has 0 unspecified atom stereocenters. The first-order valence-corrected chi connectivity index (χ1v) is 8.39. The van der Waals surface area contributed by atoms with Gasteiger partial charge < -0.3 is 11.1 Å². The van der Waals surface area contributed by atoms with Crippen molar-refractivity contribution in [3.8, 4) is 0 Å². The maximum absolute atomic E-state index is 11.9. The summed E-state index contributed by atoms with van der Waals surface area (Å²) in [7, 11) is 0. The van der Waals surface area contributed by atoms with Crippen LogP contribution in [0.2, 0.25) is 0 Å². The zero-order valence-electron chi connectivity index (χ0n) is 13.8. The Bertz CT molecular complexity index is 510. The van der Waals surface area contributed by atoms with Gasteiger partial charge in [0.15, 0.2) is 0 Å². The number of primary amides is 1. The van der Waals surface area contributed by atoms with Crippen molar-refractivity contribution in [1.82, 2.24) is 10.2 Å². The van der Waals surface area contributed by atoms with Crippen molar-refractivity contribution in [2.75, 3.05) is 13.1 Å². The number of amides is 2. The summed E-state index contributed by atoms with van der Waals surface area (Å²) in [6.45, 7) is 4.73. The van der Waals surface area contributed by atoms with Crippen LogP contribution in [-0.4, -0.2) is 35.8 Å². The SMILES string of the molecule is C[C@@H](CCC(=O)NC1CCN(Cc2ccccc2)CC1)C(N)=O. The monoisotopic (exact) mass is 317 g/mol. The summed E-state index contributed by atoms with van der Waals surface area (Å²) < 4.78 is 0. The van der Waals surface area contributed by atoms with Crippen molar-refractivity contribution in [3.63, 3.8) is 0 Å². The molecule has 3 N–H and O–H groups in total. The van der Waals surface area contributed by atoms with E-state index in [1.165, 1.54) is 5.56 Å². The molecule has 1 saturated heterocycles. The van der Waals surface area contributed by atoms with Gasteiger partial charge >= 0.3 is 0 Å². The molecule has 0 aliphatic carbocycles. The Hall–Kier alpha value is -1.88. The molecule has 1 fully saturated rings. The van der Waals surface area contributed by atoms with Crippen LogP contribution in [0.25, 0.3) is 0 Å². The summed E-state index contributed by atoms with van der Waals surface area (Å²) in [5.74, 6) is -0.555. The van der Waals surface area contributed by atoms with Gasteiger partial charge in [-0.25, -0.2) is 0 Å². The number of likely N-dealkylation sites (tertiary alicyclic amines) is 1. The number of benzene rings is 1. The lowest BCUT2D eigenvalue weighted by molar-refractivity contribution is -0.123. The molecule has 0 bridgehead atoms. The van der Waals surface area contributed by atoms with Crippen molar-refractivity contribution in [2.45, 2.75) is 45.2 Å². The maximum Gasteiger partial charge on any atom is 0.220 e. The largest absolute Gasteiger partial charge is 0.369 e. The van der Waals surface area contributed by atoms with Gasteiger partial charge in [0.25, 0.3) is 0 Å². The second kappa shape index (κ2) is 8.67. The van der Waals surface area contributed by atoms with Gasteiger partial charge in [0.1, 0.15) is 0 Å². The van der Waals surface area contributed by atoms with Gasteiger partial charge in [-0.15, -0.1) is 0 Å². The molecule has 2 amide bonds. The summed E-state index contributed by atoms with van der Waals surface area (Å²) in [5.41, 5.74) is 6.54. The lowest BCUT2D eigenvalue weighted by Gasteiger charge is -2.32. The third-order valence-electron chi connectivity index (χ3n) is 4.49. The minimum absolute atomic E-state index is 0.0274. The van der Waals surface area contributed by atoms with E-state index in [9.17, 15) is 9.59 Å². The predicted octanol–water partition coefficient (Wildman–Crippen LogP) is 1.67. The van der Waals surface area contributed by atoms with E-state index >= 15 is 0 Å². The van der Waals surface area contributed by atoms with Crippen LogP contribution in [0.1, 0.15) is 38.2 Å². The third-order valence-corrected chi connectivity index (χ3v) is 4.49. The molecule has 5 heteroatoms. The quantitative estimate of drug-likeness (QED) is 0.803. The van der Waals surface area contributed by atoms with Crippen LogP contribution >= 0.6 is 0 Å².